The van der Waals surface area contributed by atoms with E-state index in [1.54, 1.807) is 0 Å². The van der Waals surface area contributed by atoms with Gasteiger partial charge in [-0.15, -0.1) is 0 Å². The van der Waals surface area contributed by atoms with Gasteiger partial charge in [0.2, 0.25) is 0 Å². The molecule has 0 bridgehead atoms. The highest BCUT2D eigenvalue weighted by molar-refractivity contribution is 9.08. The first kappa shape index (κ1) is 15.5. The number of anilines is 1. The number of halogens is 1. The lowest BCUT2D eigenvalue weighted by molar-refractivity contribution is 0.588. The summed E-state index contributed by atoms with van der Waals surface area (Å²) in [5.41, 5.74) is 2.53. The summed E-state index contributed by atoms with van der Waals surface area (Å²) in [6, 6.07) is 2.79. The number of alkyl halides is 1. The molecule has 102 valence electrons. The molecule has 0 aliphatic heterocycles. The van der Waals surface area contributed by atoms with Gasteiger partial charge in [0, 0.05) is 24.1 Å². The molecule has 1 heterocycles. The highest BCUT2D eigenvalue weighted by atomic mass is 79.9. The van der Waals surface area contributed by atoms with Crippen LogP contribution in [0.1, 0.15) is 51.2 Å². The van der Waals surface area contributed by atoms with Gasteiger partial charge in [-0.3, -0.25) is 0 Å². The van der Waals surface area contributed by atoms with Gasteiger partial charge < -0.3 is 4.90 Å². The number of hydrogen-bond donors (Lipinski definition) is 0. The maximum Gasteiger partial charge on any atom is 0.131 e. The van der Waals surface area contributed by atoms with Crippen LogP contribution in [0.5, 0.6) is 0 Å². The summed E-state index contributed by atoms with van der Waals surface area (Å²) >= 11 is 3.48. The summed E-state index contributed by atoms with van der Waals surface area (Å²) in [6.45, 7) is 10.0. The molecule has 0 fully saturated rings. The van der Waals surface area contributed by atoms with Crippen LogP contribution < -0.4 is 4.90 Å². The third kappa shape index (κ3) is 3.98. The predicted octanol–water partition coefficient (Wildman–Crippen LogP) is 4.69. The lowest BCUT2D eigenvalue weighted by atomic mass is 10.1. The van der Waals surface area contributed by atoms with E-state index in [1.807, 2.05) is 6.20 Å². The first-order chi connectivity index (χ1) is 8.63. The monoisotopic (exact) mass is 312 g/mol. The molecular formula is C15H25BrN2. The second-order valence-corrected chi connectivity index (χ2v) is 5.48. The van der Waals surface area contributed by atoms with Crippen LogP contribution >= 0.6 is 15.9 Å². The highest BCUT2D eigenvalue weighted by Crippen LogP contribution is 2.22. The number of unbranched alkanes of at least 4 members (excludes halogenated alkanes) is 1. The molecule has 1 unspecified atom stereocenters. The summed E-state index contributed by atoms with van der Waals surface area (Å²) < 4.78 is 0. The van der Waals surface area contributed by atoms with E-state index >= 15 is 0 Å². The Hall–Kier alpha value is -0.570. The molecule has 0 aromatic carbocycles. The van der Waals surface area contributed by atoms with Gasteiger partial charge in [-0.1, -0.05) is 42.3 Å². The summed E-state index contributed by atoms with van der Waals surface area (Å²) in [7, 11) is 0. The quantitative estimate of drug-likeness (QED) is 0.679. The molecular weight excluding hydrogens is 288 g/mol. The molecule has 0 N–H and O–H groups in total. The minimum Gasteiger partial charge on any atom is -0.354 e. The smallest absolute Gasteiger partial charge is 0.131 e. The van der Waals surface area contributed by atoms with Crippen LogP contribution in [0.25, 0.3) is 0 Å². The maximum atomic E-state index is 4.67. The van der Waals surface area contributed by atoms with Crippen LogP contribution in [0.3, 0.4) is 0 Å². The zero-order valence-electron chi connectivity index (χ0n) is 12.0. The standard InChI is InChI=1S/C15H25BrN2/c1-5-7-8-18(13(4)6-2)15-12(3)9-14(10-16)11-17-15/h9,11,13H,5-8,10H2,1-4H3. The van der Waals surface area contributed by atoms with Gasteiger partial charge in [0.15, 0.2) is 0 Å². The van der Waals surface area contributed by atoms with Crippen molar-refractivity contribution in [3.63, 3.8) is 0 Å². The maximum absolute atomic E-state index is 4.67. The Morgan fingerprint density at radius 3 is 2.61 bits per heavy atom. The molecule has 1 aromatic heterocycles. The van der Waals surface area contributed by atoms with E-state index in [1.165, 1.54) is 24.0 Å². The van der Waals surface area contributed by atoms with Crippen LogP contribution in [0, 0.1) is 6.92 Å². The zero-order chi connectivity index (χ0) is 13.5. The molecule has 18 heavy (non-hydrogen) atoms. The minimum absolute atomic E-state index is 0.553. The van der Waals surface area contributed by atoms with Gasteiger partial charge in [-0.2, -0.15) is 0 Å². The van der Waals surface area contributed by atoms with Crippen LogP contribution in [-0.4, -0.2) is 17.6 Å². The predicted molar refractivity (Wildman–Crippen MR) is 83.6 cm³/mol. The Morgan fingerprint density at radius 1 is 1.39 bits per heavy atom. The molecule has 3 heteroatoms. The molecule has 0 radical (unpaired) electrons. The molecule has 0 aliphatic carbocycles. The van der Waals surface area contributed by atoms with E-state index in [0.29, 0.717) is 6.04 Å². The van der Waals surface area contributed by atoms with Crippen molar-refractivity contribution in [1.29, 1.82) is 0 Å². The fourth-order valence-corrected chi connectivity index (χ4v) is 2.39. The number of pyridine rings is 1. The van der Waals surface area contributed by atoms with E-state index in [9.17, 15) is 0 Å². The molecule has 1 atom stereocenters. The molecule has 1 rings (SSSR count). The van der Waals surface area contributed by atoms with Gasteiger partial charge >= 0.3 is 0 Å². The lowest BCUT2D eigenvalue weighted by Gasteiger charge is -2.31. The van der Waals surface area contributed by atoms with Gasteiger partial charge in [0.05, 0.1) is 0 Å². The number of hydrogen-bond acceptors (Lipinski definition) is 2. The first-order valence-corrected chi connectivity index (χ1v) is 8.04. The van der Waals surface area contributed by atoms with Crippen molar-refractivity contribution in [3.05, 3.63) is 23.4 Å². The van der Waals surface area contributed by atoms with Crippen molar-refractivity contribution in [2.45, 2.75) is 58.3 Å². The van der Waals surface area contributed by atoms with Crippen LogP contribution in [0.2, 0.25) is 0 Å². The van der Waals surface area contributed by atoms with Crippen molar-refractivity contribution >= 4 is 21.7 Å². The third-order valence-corrected chi connectivity index (χ3v) is 4.06. The normalized spacial score (nSPS) is 12.5. The zero-order valence-corrected chi connectivity index (χ0v) is 13.6. The van der Waals surface area contributed by atoms with Crippen LogP contribution in [0.4, 0.5) is 5.82 Å². The molecule has 0 spiro atoms. The second kappa shape index (κ2) is 7.78. The average Bonchev–Trinajstić information content (AvgIpc) is 2.39. The fraction of sp³-hybridized carbons (Fsp3) is 0.667. The average molecular weight is 313 g/mol. The molecule has 0 aliphatic rings. The summed E-state index contributed by atoms with van der Waals surface area (Å²) in [4.78, 5) is 7.12. The van der Waals surface area contributed by atoms with Gasteiger partial charge in [-0.25, -0.2) is 4.98 Å². The highest BCUT2D eigenvalue weighted by Gasteiger charge is 2.15. The third-order valence-electron chi connectivity index (χ3n) is 3.41. The Morgan fingerprint density at radius 2 is 2.11 bits per heavy atom. The van der Waals surface area contributed by atoms with E-state index in [4.69, 9.17) is 0 Å². The van der Waals surface area contributed by atoms with Gasteiger partial charge in [0.25, 0.3) is 0 Å². The number of aryl methyl sites for hydroxylation is 1. The fourth-order valence-electron chi connectivity index (χ4n) is 2.08. The van der Waals surface area contributed by atoms with E-state index in [2.05, 4.69) is 59.6 Å². The van der Waals surface area contributed by atoms with Crippen molar-refractivity contribution in [2.75, 3.05) is 11.4 Å². The molecule has 1 aromatic rings. The summed E-state index contributed by atoms with van der Waals surface area (Å²) in [6.07, 6.45) is 5.60. The molecule has 0 saturated heterocycles. The first-order valence-electron chi connectivity index (χ1n) is 6.92. The molecule has 0 amide bonds. The number of rotatable bonds is 7. The second-order valence-electron chi connectivity index (χ2n) is 4.92. The minimum atomic E-state index is 0.553. The Balaban J connectivity index is 2.96. The largest absolute Gasteiger partial charge is 0.354 e. The topological polar surface area (TPSA) is 16.1 Å². The summed E-state index contributed by atoms with van der Waals surface area (Å²) in [5.74, 6) is 1.16. The molecule has 2 nitrogen and oxygen atoms in total. The van der Waals surface area contributed by atoms with Crippen molar-refractivity contribution < 1.29 is 0 Å². The Bertz CT molecular complexity index is 366. The van der Waals surface area contributed by atoms with E-state index in [-0.39, 0.29) is 0 Å². The van der Waals surface area contributed by atoms with E-state index < -0.39 is 0 Å². The Kier molecular flexibility index (Phi) is 6.69. The number of aromatic nitrogens is 1. The SMILES string of the molecule is CCCCN(c1ncc(CBr)cc1C)C(C)CC. The van der Waals surface area contributed by atoms with E-state index in [0.717, 1.165) is 24.1 Å². The van der Waals surface area contributed by atoms with Crippen molar-refractivity contribution in [2.24, 2.45) is 0 Å². The van der Waals surface area contributed by atoms with Crippen LogP contribution in [-0.2, 0) is 5.33 Å². The lowest BCUT2D eigenvalue weighted by Crippen LogP contribution is -2.34. The van der Waals surface area contributed by atoms with Crippen molar-refractivity contribution in [1.82, 2.24) is 4.98 Å². The number of nitrogens with zero attached hydrogens (tertiary/aromatic N) is 2. The summed E-state index contributed by atoms with van der Waals surface area (Å²) in [5, 5.41) is 0.874. The van der Waals surface area contributed by atoms with Crippen LogP contribution in [0.15, 0.2) is 12.3 Å². The van der Waals surface area contributed by atoms with Gasteiger partial charge in [-0.05, 0) is 37.8 Å². The van der Waals surface area contributed by atoms with Crippen molar-refractivity contribution in [3.8, 4) is 0 Å². The Labute approximate surface area is 120 Å². The van der Waals surface area contributed by atoms with Gasteiger partial charge in [0.1, 0.15) is 5.82 Å². The molecule has 0 saturated carbocycles.